The number of rotatable bonds is 4. The van der Waals surface area contributed by atoms with E-state index >= 15 is 0 Å². The van der Waals surface area contributed by atoms with Gasteiger partial charge in [0.05, 0.1) is 7.11 Å². The van der Waals surface area contributed by atoms with Gasteiger partial charge in [0.25, 0.3) is 0 Å². The van der Waals surface area contributed by atoms with Gasteiger partial charge in [0.2, 0.25) is 0 Å². The number of hydrogen-bond acceptors (Lipinski definition) is 2. The predicted molar refractivity (Wildman–Crippen MR) is 74.4 cm³/mol. The minimum atomic E-state index is -0.331. The molecular weight excluding hydrogens is 229 g/mol. The molecule has 0 radical (unpaired) electrons. The van der Waals surface area contributed by atoms with Crippen LogP contribution in [0.4, 0.5) is 4.39 Å². The Hall–Kier alpha value is -1.35. The van der Waals surface area contributed by atoms with E-state index in [1.165, 1.54) is 13.2 Å². The van der Waals surface area contributed by atoms with Crippen molar-refractivity contribution in [1.29, 1.82) is 0 Å². The molecule has 1 rings (SSSR count). The van der Waals surface area contributed by atoms with Crippen LogP contribution < -0.4 is 10.1 Å². The Morgan fingerprint density at radius 3 is 2.56 bits per heavy atom. The predicted octanol–water partition coefficient (Wildman–Crippen LogP) is 3.63. The van der Waals surface area contributed by atoms with E-state index in [2.05, 4.69) is 26.1 Å². The van der Waals surface area contributed by atoms with Crippen LogP contribution >= 0.6 is 0 Å². The first-order valence-electron chi connectivity index (χ1n) is 6.07. The van der Waals surface area contributed by atoms with Crippen LogP contribution in [0.1, 0.15) is 33.3 Å². The first-order valence-corrected chi connectivity index (χ1v) is 6.07. The van der Waals surface area contributed by atoms with E-state index in [-0.39, 0.29) is 17.1 Å². The number of methoxy groups -OCH3 is 1. The minimum absolute atomic E-state index is 0.0836. The molecule has 0 saturated heterocycles. The van der Waals surface area contributed by atoms with Crippen LogP contribution in [0.15, 0.2) is 23.8 Å². The van der Waals surface area contributed by atoms with Gasteiger partial charge in [-0.05, 0) is 45.4 Å². The molecule has 1 N–H and O–H groups in total. The summed E-state index contributed by atoms with van der Waals surface area (Å²) in [5, 5.41) is 3.39. The van der Waals surface area contributed by atoms with Crippen molar-refractivity contribution in [2.75, 3.05) is 13.7 Å². The lowest BCUT2D eigenvalue weighted by Gasteiger charge is -2.20. The van der Waals surface area contributed by atoms with Crippen LogP contribution in [0.3, 0.4) is 0 Å². The fourth-order valence-electron chi connectivity index (χ4n) is 1.51. The zero-order valence-electron chi connectivity index (χ0n) is 11.8. The van der Waals surface area contributed by atoms with Crippen LogP contribution in [0, 0.1) is 5.82 Å². The van der Waals surface area contributed by atoms with Gasteiger partial charge >= 0.3 is 0 Å². The molecule has 0 atom stereocenters. The third kappa shape index (κ3) is 4.88. The highest BCUT2D eigenvalue weighted by Gasteiger charge is 2.08. The van der Waals surface area contributed by atoms with Crippen molar-refractivity contribution < 1.29 is 9.13 Å². The summed E-state index contributed by atoms with van der Waals surface area (Å²) in [6, 6.07) is 4.98. The molecule has 1 aromatic rings. The number of nitrogens with one attached hydrogen (secondary N) is 1. The average Bonchev–Trinajstić information content (AvgIpc) is 2.26. The third-order valence-corrected chi connectivity index (χ3v) is 2.49. The summed E-state index contributed by atoms with van der Waals surface area (Å²) in [5.41, 5.74) is 2.09. The summed E-state index contributed by atoms with van der Waals surface area (Å²) >= 11 is 0. The van der Waals surface area contributed by atoms with E-state index < -0.39 is 0 Å². The molecule has 2 nitrogen and oxygen atoms in total. The van der Waals surface area contributed by atoms with Gasteiger partial charge in [-0.1, -0.05) is 17.7 Å². The Morgan fingerprint density at radius 2 is 2.06 bits per heavy atom. The lowest BCUT2D eigenvalue weighted by molar-refractivity contribution is 0.386. The van der Waals surface area contributed by atoms with Crippen LogP contribution in [-0.4, -0.2) is 19.2 Å². The van der Waals surface area contributed by atoms with Crippen molar-refractivity contribution in [3.63, 3.8) is 0 Å². The number of ether oxygens (including phenoxy) is 1. The standard InChI is InChI=1S/C15H22FNO/c1-11(10-17-15(2,3)4)8-12-6-7-14(18-5)13(16)9-12/h6-9,17H,10H2,1-5H3. The Kier molecular flexibility index (Phi) is 4.91. The smallest absolute Gasteiger partial charge is 0.165 e. The summed E-state index contributed by atoms with van der Waals surface area (Å²) in [6.45, 7) is 9.17. The highest BCUT2D eigenvalue weighted by Crippen LogP contribution is 2.19. The van der Waals surface area contributed by atoms with E-state index in [1.807, 2.05) is 19.1 Å². The van der Waals surface area contributed by atoms with E-state index in [1.54, 1.807) is 6.07 Å². The first kappa shape index (κ1) is 14.7. The molecule has 0 aliphatic rings. The van der Waals surface area contributed by atoms with Crippen molar-refractivity contribution in [1.82, 2.24) is 5.32 Å². The van der Waals surface area contributed by atoms with Crippen molar-refractivity contribution in [2.45, 2.75) is 33.2 Å². The van der Waals surface area contributed by atoms with Gasteiger partial charge < -0.3 is 10.1 Å². The summed E-state index contributed by atoms with van der Waals surface area (Å²) in [6.07, 6.45) is 1.97. The molecule has 0 unspecified atom stereocenters. The highest BCUT2D eigenvalue weighted by atomic mass is 19.1. The summed E-state index contributed by atoms with van der Waals surface area (Å²) < 4.78 is 18.4. The molecule has 0 amide bonds. The minimum Gasteiger partial charge on any atom is -0.494 e. The number of halogens is 1. The molecule has 0 spiro atoms. The molecule has 1 aromatic carbocycles. The van der Waals surface area contributed by atoms with Gasteiger partial charge in [-0.2, -0.15) is 0 Å². The molecular formula is C15H22FNO. The average molecular weight is 251 g/mol. The molecule has 0 aromatic heterocycles. The van der Waals surface area contributed by atoms with Gasteiger partial charge in [-0.25, -0.2) is 4.39 Å². The van der Waals surface area contributed by atoms with Crippen molar-refractivity contribution >= 4 is 6.08 Å². The second-order valence-electron chi connectivity index (χ2n) is 5.49. The maximum absolute atomic E-state index is 13.5. The van der Waals surface area contributed by atoms with Gasteiger partial charge in [0.1, 0.15) is 0 Å². The van der Waals surface area contributed by atoms with E-state index in [9.17, 15) is 4.39 Å². The number of hydrogen-bond donors (Lipinski definition) is 1. The van der Waals surface area contributed by atoms with E-state index in [0.717, 1.165) is 17.7 Å². The van der Waals surface area contributed by atoms with E-state index in [4.69, 9.17) is 4.74 Å². The normalized spacial score (nSPS) is 12.7. The molecule has 0 heterocycles. The Labute approximate surface area is 109 Å². The maximum atomic E-state index is 13.5. The molecule has 3 heteroatoms. The summed E-state index contributed by atoms with van der Waals surface area (Å²) in [5.74, 6) is -0.0551. The van der Waals surface area contributed by atoms with Crippen molar-refractivity contribution in [3.05, 3.63) is 35.2 Å². The lowest BCUT2D eigenvalue weighted by atomic mass is 10.1. The lowest BCUT2D eigenvalue weighted by Crippen LogP contribution is -2.36. The Bertz CT molecular complexity index is 433. The second kappa shape index (κ2) is 6.01. The third-order valence-electron chi connectivity index (χ3n) is 2.49. The van der Waals surface area contributed by atoms with Crippen molar-refractivity contribution in [2.24, 2.45) is 0 Å². The quantitative estimate of drug-likeness (QED) is 0.882. The van der Waals surface area contributed by atoms with Gasteiger partial charge in [-0.3, -0.25) is 0 Å². The molecule has 0 bridgehead atoms. The molecule has 0 aliphatic carbocycles. The van der Waals surface area contributed by atoms with Crippen LogP contribution in [0.25, 0.3) is 6.08 Å². The molecule has 100 valence electrons. The van der Waals surface area contributed by atoms with Gasteiger partial charge in [-0.15, -0.1) is 0 Å². The Balaban J connectivity index is 2.73. The second-order valence-corrected chi connectivity index (χ2v) is 5.49. The Morgan fingerprint density at radius 1 is 1.39 bits per heavy atom. The van der Waals surface area contributed by atoms with Gasteiger partial charge in [0.15, 0.2) is 11.6 Å². The SMILES string of the molecule is COc1ccc(C=C(C)CNC(C)(C)C)cc1F. The van der Waals surface area contributed by atoms with Crippen LogP contribution in [0.2, 0.25) is 0 Å². The van der Waals surface area contributed by atoms with Crippen molar-refractivity contribution in [3.8, 4) is 5.75 Å². The zero-order chi connectivity index (χ0) is 13.8. The number of benzene rings is 1. The fraction of sp³-hybridized carbons (Fsp3) is 0.467. The molecule has 0 saturated carbocycles. The van der Waals surface area contributed by atoms with E-state index in [0.29, 0.717) is 0 Å². The fourth-order valence-corrected chi connectivity index (χ4v) is 1.51. The molecule has 0 aliphatic heterocycles. The summed E-state index contributed by atoms with van der Waals surface area (Å²) in [7, 11) is 1.46. The highest BCUT2D eigenvalue weighted by molar-refractivity contribution is 5.54. The molecule has 0 fully saturated rings. The summed E-state index contributed by atoms with van der Waals surface area (Å²) in [4.78, 5) is 0. The van der Waals surface area contributed by atoms with Crippen LogP contribution in [0.5, 0.6) is 5.75 Å². The first-order chi connectivity index (χ1) is 8.31. The topological polar surface area (TPSA) is 21.3 Å². The zero-order valence-corrected chi connectivity index (χ0v) is 11.8. The molecule has 18 heavy (non-hydrogen) atoms. The van der Waals surface area contributed by atoms with Crippen LogP contribution in [-0.2, 0) is 0 Å². The maximum Gasteiger partial charge on any atom is 0.165 e. The monoisotopic (exact) mass is 251 g/mol. The largest absolute Gasteiger partial charge is 0.494 e. The van der Waals surface area contributed by atoms with Gasteiger partial charge in [0, 0.05) is 12.1 Å².